The Balaban J connectivity index is 1.32. The van der Waals surface area contributed by atoms with Gasteiger partial charge in [0.2, 0.25) is 52.7 Å². The van der Waals surface area contributed by atoms with Crippen molar-refractivity contribution >= 4 is 87.8 Å². The highest BCUT2D eigenvalue weighted by molar-refractivity contribution is 6.10. The molecule has 6 N–H and O–H groups in total. The number of carbonyl (C=O) groups is 12. The summed E-state index contributed by atoms with van der Waals surface area (Å²) in [6.45, 7) is 18.4. The topological polar surface area (TPSA) is 360 Å². The van der Waals surface area contributed by atoms with E-state index in [1.807, 2.05) is 0 Å². The minimum absolute atomic E-state index is 0.0763. The van der Waals surface area contributed by atoms with E-state index in [1.54, 1.807) is 62.3 Å². The second kappa shape index (κ2) is 27.6. The third-order valence-electron chi connectivity index (χ3n) is 17.5. The summed E-state index contributed by atoms with van der Waals surface area (Å²) in [5.74, 6) is -12.4. The molecule has 1 aromatic carbocycles. The maximum absolute atomic E-state index is 15.2. The lowest BCUT2D eigenvalue weighted by Gasteiger charge is -2.36. The maximum atomic E-state index is 15.2. The number of carbonyl (C=O) groups excluding carboxylic acids is 12. The van der Waals surface area contributed by atoms with Gasteiger partial charge in [0.05, 0.1) is 29.9 Å². The molecule has 7 rings (SSSR count). The van der Waals surface area contributed by atoms with Gasteiger partial charge in [-0.25, -0.2) is 14.6 Å². The van der Waals surface area contributed by atoms with Gasteiger partial charge in [0.1, 0.15) is 71.8 Å². The molecule has 5 heterocycles. The van der Waals surface area contributed by atoms with Crippen molar-refractivity contribution in [2.45, 2.75) is 169 Å². The summed E-state index contributed by atoms with van der Waals surface area (Å²) in [6, 6.07) is -7.90. The summed E-state index contributed by atoms with van der Waals surface area (Å²) in [4.78, 5) is 199. The summed E-state index contributed by atoms with van der Waals surface area (Å²) in [5, 5.41) is 10.7. The van der Waals surface area contributed by atoms with Crippen LogP contribution in [0.25, 0.3) is 22.6 Å². The number of likely N-dealkylation sites (N-methyl/N-ethyl adjacent to an activating group) is 4. The van der Waals surface area contributed by atoms with Gasteiger partial charge in [-0.1, -0.05) is 61.5 Å². The number of fused-ring (bicyclic) bond motifs is 4. The fourth-order valence-corrected chi connectivity index (χ4v) is 12.3. The van der Waals surface area contributed by atoms with Crippen molar-refractivity contribution in [3.8, 4) is 11.5 Å². The Hall–Kier alpha value is -8.72. The van der Waals surface area contributed by atoms with Gasteiger partial charge in [0, 0.05) is 46.8 Å². The van der Waals surface area contributed by atoms with E-state index in [0.717, 1.165) is 9.80 Å². The van der Waals surface area contributed by atoms with Crippen molar-refractivity contribution in [1.82, 2.24) is 55.7 Å². The summed E-state index contributed by atoms with van der Waals surface area (Å²) in [5.41, 5.74) is 3.57. The number of hydrogen-bond donors (Lipinski definition) is 5. The first-order valence-electron chi connectivity index (χ1n) is 30.5. The number of ether oxygens (including phenoxy) is 2. The Morgan fingerprint density at radius 2 is 1.03 bits per heavy atom. The third-order valence-corrected chi connectivity index (χ3v) is 17.5. The number of hydrogen-bond acceptors (Lipinski definition) is 18. The van der Waals surface area contributed by atoms with E-state index >= 15 is 9.59 Å². The molecular weight excluding hydrogens is 1170 g/mol. The van der Waals surface area contributed by atoms with Crippen LogP contribution >= 0.6 is 0 Å². The zero-order valence-corrected chi connectivity index (χ0v) is 54.1. The van der Waals surface area contributed by atoms with Gasteiger partial charge in [-0.3, -0.25) is 52.7 Å². The smallest absolute Gasteiger partial charge is 0.329 e. The number of rotatable bonds is 8. The molecular formula is C62H86N12O16. The lowest BCUT2D eigenvalue weighted by atomic mass is 9.98. The summed E-state index contributed by atoms with van der Waals surface area (Å²) in [6.07, 6.45) is -1.65. The largest absolute Gasteiger partial charge is 0.458 e. The molecule has 0 saturated carbocycles. The zero-order chi connectivity index (χ0) is 67.0. The van der Waals surface area contributed by atoms with Crippen LogP contribution in [0.5, 0.6) is 0 Å². The van der Waals surface area contributed by atoms with Crippen LogP contribution in [0.4, 0.5) is 5.69 Å². The van der Waals surface area contributed by atoms with Crippen LogP contribution in [0, 0.1) is 37.5 Å². The fourth-order valence-electron chi connectivity index (χ4n) is 12.3. The van der Waals surface area contributed by atoms with Crippen LogP contribution in [0.1, 0.15) is 127 Å². The molecule has 28 nitrogen and oxygen atoms in total. The second-order valence-corrected chi connectivity index (χ2v) is 25.5. The molecule has 4 unspecified atom stereocenters. The number of aryl methyl sites for hydroxylation is 1. The van der Waals surface area contributed by atoms with Gasteiger partial charge >= 0.3 is 11.9 Å². The summed E-state index contributed by atoms with van der Waals surface area (Å²) >= 11 is 0. The first kappa shape index (κ1) is 68.8. The number of cyclic esters (lactones) is 2. The van der Waals surface area contributed by atoms with Crippen molar-refractivity contribution in [3.63, 3.8) is 0 Å². The van der Waals surface area contributed by atoms with Crippen molar-refractivity contribution < 1.29 is 71.4 Å². The average Bonchev–Trinajstić information content (AvgIpc) is 0.893. The molecule has 1 aliphatic carbocycles. The standard InChI is InChI=1S/C62H86N12O16/c1-27(2)42-59(84)73-23-17-19-36(73)57(82)69(13)25-38(75)71(15)48(29(5)6)61(86)88-33(11)44(55(80)65-42)67-53(78)35-22-21-31(9)51-46(35)64-47-40(41(63)50(77)32(10)52(47)90-51)54(79)68-45-34(12)89-62(87)49(30(7)8)72(16)39(76)26-70(14)58(83)37-20-18-24-74(37)60(85)43(28(3)4)66-56(45)81/h21-22,27-30,33-34,36-37,42-45,48-49H,17-20,23-26,63H2,1-16H3,(H,65,80)(H,66,81)(H,67,78)(H,68,79)/t33-,34-,36+,37+,42?,43?,44?,45?,48+,49+/m1/s1. The molecule has 90 heavy (non-hydrogen) atoms. The van der Waals surface area contributed by atoms with Crippen molar-refractivity contribution in [1.29, 1.82) is 0 Å². The van der Waals surface area contributed by atoms with Crippen molar-refractivity contribution in [2.24, 2.45) is 23.7 Å². The van der Waals surface area contributed by atoms with Gasteiger partial charge in [0.25, 0.3) is 11.8 Å². The Bertz CT molecular complexity index is 3420. The second-order valence-electron chi connectivity index (χ2n) is 25.5. The minimum Gasteiger partial charge on any atom is -0.458 e. The molecule has 4 saturated heterocycles. The van der Waals surface area contributed by atoms with E-state index in [9.17, 15) is 52.7 Å². The van der Waals surface area contributed by atoms with Crippen LogP contribution in [0.2, 0.25) is 0 Å². The number of aromatic nitrogens is 1. The number of nitrogen functional groups attached to an aromatic ring is 1. The van der Waals surface area contributed by atoms with E-state index < -0.39 is 191 Å². The van der Waals surface area contributed by atoms with Gasteiger partial charge in [-0.15, -0.1) is 0 Å². The first-order valence-corrected chi connectivity index (χ1v) is 30.5. The quantitative estimate of drug-likeness (QED) is 0.118. The summed E-state index contributed by atoms with van der Waals surface area (Å²) < 4.78 is 18.3. The van der Waals surface area contributed by atoms with Crippen LogP contribution in [0.3, 0.4) is 0 Å². The van der Waals surface area contributed by atoms with E-state index in [4.69, 9.17) is 24.6 Å². The van der Waals surface area contributed by atoms with E-state index in [0.29, 0.717) is 18.4 Å². The molecule has 10 amide bonds. The minimum atomic E-state index is -1.88. The Kier molecular flexibility index (Phi) is 21.1. The molecule has 0 radical (unpaired) electrons. The van der Waals surface area contributed by atoms with E-state index in [-0.39, 0.29) is 53.9 Å². The Labute approximate surface area is 522 Å². The number of nitrogens with two attached hydrogens (primary N) is 1. The van der Waals surface area contributed by atoms with Gasteiger partial charge in [-0.2, -0.15) is 0 Å². The van der Waals surface area contributed by atoms with Crippen LogP contribution in [0.15, 0.2) is 21.3 Å². The number of amides is 10. The SMILES string of the molecule is Cc1c2oc3c(C)ccc(C(=O)NC4C(=O)NC(C(C)C)C(=O)N5CCC[C@H]5C(=O)N(C)CC(=O)N(C)[C@@H](C(C)C)C(=O)O[C@@H]4C)c3nc-2c(C(=O)NC2C(=O)NC(C(C)C)C(=O)N3CCC[C@H]3C(=O)N(C)CC(=O)N(C)[C@@H](C(C)C)C(=O)O[C@@H]2C)c(N)c1=O. The number of nitrogens with one attached hydrogen (secondary N) is 4. The zero-order valence-electron chi connectivity index (χ0n) is 54.1. The molecule has 28 heteroatoms. The summed E-state index contributed by atoms with van der Waals surface area (Å²) in [7, 11) is 5.59. The predicted molar refractivity (Wildman–Crippen MR) is 325 cm³/mol. The third kappa shape index (κ3) is 13.7. The van der Waals surface area contributed by atoms with Gasteiger partial charge < -0.3 is 70.3 Å². The molecule has 1 aromatic rings. The molecule has 10 atom stereocenters. The molecule has 0 bridgehead atoms. The van der Waals surface area contributed by atoms with Crippen molar-refractivity contribution in [3.05, 3.63) is 44.6 Å². The molecule has 0 spiro atoms. The van der Waals surface area contributed by atoms with Gasteiger partial charge in [-0.05, 0) is 88.7 Å². The van der Waals surface area contributed by atoms with Crippen molar-refractivity contribution in [2.75, 3.05) is 60.1 Å². The number of esters is 2. The van der Waals surface area contributed by atoms with Crippen LogP contribution in [-0.2, 0) is 57.4 Å². The molecule has 6 aliphatic rings. The Morgan fingerprint density at radius 1 is 0.611 bits per heavy atom. The average molecular weight is 1260 g/mol. The fraction of sp³-hybridized carbons (Fsp3) is 0.613. The van der Waals surface area contributed by atoms with E-state index in [1.165, 1.54) is 80.7 Å². The maximum Gasteiger partial charge on any atom is 0.329 e. The van der Waals surface area contributed by atoms with E-state index in [2.05, 4.69) is 21.3 Å². The highest BCUT2D eigenvalue weighted by Gasteiger charge is 2.46. The lowest BCUT2D eigenvalue weighted by Crippen LogP contribution is -2.61. The number of nitrogens with zero attached hydrogens (tertiary/aromatic N) is 7. The predicted octanol–water partition coefficient (Wildman–Crippen LogP) is 0.726. The number of benzene rings is 2. The monoisotopic (exact) mass is 1250 g/mol. The molecule has 490 valence electrons. The molecule has 5 aliphatic heterocycles. The van der Waals surface area contributed by atoms with Crippen LogP contribution in [-0.4, -0.2) is 220 Å². The highest BCUT2D eigenvalue weighted by atomic mass is 16.6. The first-order chi connectivity index (χ1) is 42.1. The normalized spacial score (nSPS) is 26.2. The number of anilines is 1. The van der Waals surface area contributed by atoms with Gasteiger partial charge in [0.15, 0.2) is 11.3 Å². The Morgan fingerprint density at radius 3 is 1.44 bits per heavy atom. The molecule has 4 fully saturated rings. The highest BCUT2D eigenvalue weighted by Crippen LogP contribution is 2.35. The molecule has 0 aromatic heterocycles. The van der Waals surface area contributed by atoms with Crippen LogP contribution < -0.4 is 32.4 Å². The lowest BCUT2D eigenvalue weighted by molar-refractivity contribution is -0.163.